The number of hydrogen-bond acceptors (Lipinski definition) is 6. The summed E-state index contributed by atoms with van der Waals surface area (Å²) in [5.41, 5.74) is 2.99. The lowest BCUT2D eigenvalue weighted by Gasteiger charge is -2.34. The first kappa shape index (κ1) is 23.2. The summed E-state index contributed by atoms with van der Waals surface area (Å²) in [4.78, 5) is 38.8. The van der Waals surface area contributed by atoms with Crippen LogP contribution >= 0.6 is 0 Å². The van der Waals surface area contributed by atoms with Gasteiger partial charge in [-0.15, -0.1) is 0 Å². The molecule has 8 heteroatoms. The molecule has 3 aromatic carbocycles. The molecule has 8 nitrogen and oxygen atoms in total. The molecule has 182 valence electrons. The fourth-order valence-corrected chi connectivity index (χ4v) is 4.37. The van der Waals surface area contributed by atoms with E-state index in [9.17, 15) is 19.5 Å². The van der Waals surface area contributed by atoms with Gasteiger partial charge in [0.1, 0.15) is 23.3 Å². The Hall–Kier alpha value is -4.59. The highest BCUT2D eigenvalue weighted by molar-refractivity contribution is 6.14. The number of carboxylic acid groups (broad SMARTS) is 1. The van der Waals surface area contributed by atoms with Gasteiger partial charge in [0, 0.05) is 19.0 Å². The number of ketones is 1. The summed E-state index contributed by atoms with van der Waals surface area (Å²) in [6.07, 6.45) is 1.88. The van der Waals surface area contributed by atoms with E-state index in [4.69, 9.17) is 14.2 Å². The smallest absolute Gasteiger partial charge is 0.326 e. The average Bonchev–Trinajstić information content (AvgIpc) is 3.20. The Labute approximate surface area is 207 Å². The Morgan fingerprint density at radius 2 is 1.86 bits per heavy atom. The van der Waals surface area contributed by atoms with Gasteiger partial charge in [0.05, 0.1) is 12.7 Å². The fourth-order valence-electron chi connectivity index (χ4n) is 4.37. The monoisotopic (exact) mass is 485 g/mol. The van der Waals surface area contributed by atoms with Crippen molar-refractivity contribution in [2.24, 2.45) is 0 Å². The standard InChI is InChI=1S/C28H23NO7/c1-34-20-8-4-5-17(11-20)12-25-27(31)22-10-9-21(14-24(22)36-25)35-16-26(30)29-15-19-7-3-2-6-18(19)13-23(29)28(32)33/h2-12,14,23H,13,15-16H2,1H3,(H,32,33). The number of carbonyl (C=O) groups is 3. The van der Waals surface area contributed by atoms with Crippen LogP contribution in [-0.2, 0) is 22.6 Å². The van der Waals surface area contributed by atoms with E-state index in [0.29, 0.717) is 22.8 Å². The number of nitrogens with zero attached hydrogens (tertiary/aromatic N) is 1. The fraction of sp³-hybridized carbons (Fsp3) is 0.179. The van der Waals surface area contributed by atoms with E-state index in [-0.39, 0.29) is 31.1 Å². The van der Waals surface area contributed by atoms with Crippen molar-refractivity contribution >= 4 is 23.7 Å². The predicted octanol–water partition coefficient (Wildman–Crippen LogP) is 3.73. The van der Waals surface area contributed by atoms with E-state index in [1.807, 2.05) is 36.4 Å². The number of aliphatic carboxylic acids is 1. The molecule has 1 N–H and O–H groups in total. The molecule has 0 saturated carbocycles. The van der Waals surface area contributed by atoms with Crippen LogP contribution in [0.15, 0.2) is 72.5 Å². The van der Waals surface area contributed by atoms with Crippen LogP contribution in [0.5, 0.6) is 17.2 Å². The van der Waals surface area contributed by atoms with Crippen molar-refractivity contribution < 1.29 is 33.7 Å². The van der Waals surface area contributed by atoms with Crippen LogP contribution in [0.3, 0.4) is 0 Å². The topological polar surface area (TPSA) is 102 Å². The number of ether oxygens (including phenoxy) is 3. The maximum Gasteiger partial charge on any atom is 0.326 e. The summed E-state index contributed by atoms with van der Waals surface area (Å²) in [6.45, 7) is -0.138. The molecule has 1 amide bonds. The molecule has 3 aromatic rings. The van der Waals surface area contributed by atoms with Gasteiger partial charge in [-0.3, -0.25) is 9.59 Å². The Morgan fingerprint density at radius 1 is 1.06 bits per heavy atom. The van der Waals surface area contributed by atoms with Gasteiger partial charge in [0.2, 0.25) is 5.78 Å². The summed E-state index contributed by atoms with van der Waals surface area (Å²) in [7, 11) is 1.57. The SMILES string of the molecule is COc1cccc(C=C2Oc3cc(OCC(=O)N4Cc5ccccc5CC4C(=O)O)ccc3C2=O)c1. The van der Waals surface area contributed by atoms with Crippen molar-refractivity contribution in [2.75, 3.05) is 13.7 Å². The summed E-state index contributed by atoms with van der Waals surface area (Å²) in [5.74, 6) is -0.258. The minimum Gasteiger partial charge on any atom is -0.497 e. The minimum absolute atomic E-state index is 0.169. The quantitative estimate of drug-likeness (QED) is 0.531. The zero-order chi connectivity index (χ0) is 25.2. The molecule has 0 fully saturated rings. The lowest BCUT2D eigenvalue weighted by molar-refractivity contribution is -0.152. The average molecular weight is 485 g/mol. The van der Waals surface area contributed by atoms with E-state index >= 15 is 0 Å². The maximum absolute atomic E-state index is 12.9. The normalized spacial score (nSPS) is 17.2. The van der Waals surface area contributed by atoms with Crippen molar-refractivity contribution in [1.82, 2.24) is 4.90 Å². The highest BCUT2D eigenvalue weighted by Crippen LogP contribution is 2.35. The van der Waals surface area contributed by atoms with Gasteiger partial charge in [-0.25, -0.2) is 4.79 Å². The van der Waals surface area contributed by atoms with Gasteiger partial charge < -0.3 is 24.2 Å². The second-order valence-corrected chi connectivity index (χ2v) is 8.51. The second-order valence-electron chi connectivity index (χ2n) is 8.51. The number of methoxy groups -OCH3 is 1. The third-order valence-corrected chi connectivity index (χ3v) is 6.25. The van der Waals surface area contributed by atoms with Crippen molar-refractivity contribution in [3.8, 4) is 17.2 Å². The van der Waals surface area contributed by atoms with Crippen LogP contribution in [0.25, 0.3) is 6.08 Å². The Kier molecular flexibility index (Phi) is 6.16. The van der Waals surface area contributed by atoms with Crippen LogP contribution < -0.4 is 14.2 Å². The zero-order valence-corrected chi connectivity index (χ0v) is 19.5. The molecule has 2 aliphatic heterocycles. The van der Waals surface area contributed by atoms with Gasteiger partial charge in [0.15, 0.2) is 12.4 Å². The summed E-state index contributed by atoms with van der Waals surface area (Å²) < 4.78 is 16.7. The first-order valence-electron chi connectivity index (χ1n) is 11.4. The third-order valence-electron chi connectivity index (χ3n) is 6.25. The molecule has 0 aromatic heterocycles. The van der Waals surface area contributed by atoms with Gasteiger partial charge >= 0.3 is 5.97 Å². The number of hydrogen-bond donors (Lipinski definition) is 1. The predicted molar refractivity (Wildman–Crippen MR) is 130 cm³/mol. The molecule has 0 aliphatic carbocycles. The Morgan fingerprint density at radius 3 is 2.64 bits per heavy atom. The van der Waals surface area contributed by atoms with Crippen LogP contribution in [-0.4, -0.2) is 47.4 Å². The highest BCUT2D eigenvalue weighted by atomic mass is 16.5. The first-order valence-corrected chi connectivity index (χ1v) is 11.4. The van der Waals surface area contributed by atoms with Gasteiger partial charge in [0.25, 0.3) is 5.91 Å². The number of fused-ring (bicyclic) bond motifs is 2. The molecule has 2 aliphatic rings. The van der Waals surface area contributed by atoms with Crippen molar-refractivity contribution in [3.63, 3.8) is 0 Å². The number of carboxylic acids is 1. The number of amides is 1. The molecule has 2 heterocycles. The minimum atomic E-state index is -1.06. The molecular formula is C28H23NO7. The molecule has 0 bridgehead atoms. The molecular weight excluding hydrogens is 462 g/mol. The van der Waals surface area contributed by atoms with Crippen molar-refractivity contribution in [1.29, 1.82) is 0 Å². The summed E-state index contributed by atoms with van der Waals surface area (Å²) in [5, 5.41) is 9.66. The Balaban J connectivity index is 1.28. The maximum atomic E-state index is 12.9. The number of carbonyl (C=O) groups excluding carboxylic acids is 2. The van der Waals surface area contributed by atoms with E-state index < -0.39 is 17.9 Å². The second kappa shape index (κ2) is 9.58. The van der Waals surface area contributed by atoms with Crippen LogP contribution in [0.4, 0.5) is 0 Å². The van der Waals surface area contributed by atoms with E-state index in [0.717, 1.165) is 16.7 Å². The molecule has 0 radical (unpaired) electrons. The zero-order valence-electron chi connectivity index (χ0n) is 19.5. The van der Waals surface area contributed by atoms with E-state index in [1.165, 1.54) is 4.90 Å². The highest BCUT2D eigenvalue weighted by Gasteiger charge is 2.35. The Bertz CT molecular complexity index is 1390. The largest absolute Gasteiger partial charge is 0.497 e. The molecule has 0 saturated heterocycles. The van der Waals surface area contributed by atoms with Gasteiger partial charge in [-0.1, -0.05) is 36.4 Å². The molecule has 1 atom stereocenters. The molecule has 1 unspecified atom stereocenters. The number of rotatable bonds is 6. The third kappa shape index (κ3) is 4.53. The van der Waals surface area contributed by atoms with Crippen LogP contribution in [0.1, 0.15) is 27.0 Å². The van der Waals surface area contributed by atoms with Crippen molar-refractivity contribution in [3.05, 3.63) is 94.7 Å². The molecule has 5 rings (SSSR count). The molecule has 0 spiro atoms. The number of Topliss-reactive ketones (excluding diaryl/α,β-unsaturated/α-hetero) is 1. The number of allylic oxidation sites excluding steroid dienone is 1. The van der Waals surface area contributed by atoms with Gasteiger partial charge in [-0.05, 0) is 47.0 Å². The summed E-state index contributed by atoms with van der Waals surface area (Å²) in [6, 6.07) is 18.5. The molecule has 36 heavy (non-hydrogen) atoms. The lowest BCUT2D eigenvalue weighted by Crippen LogP contribution is -2.50. The van der Waals surface area contributed by atoms with E-state index in [2.05, 4.69) is 0 Å². The lowest BCUT2D eigenvalue weighted by atomic mass is 9.94. The van der Waals surface area contributed by atoms with Gasteiger partial charge in [-0.2, -0.15) is 0 Å². The van der Waals surface area contributed by atoms with E-state index in [1.54, 1.807) is 43.5 Å². The van der Waals surface area contributed by atoms with Crippen LogP contribution in [0, 0.1) is 0 Å². The first-order chi connectivity index (χ1) is 17.4. The summed E-state index contributed by atoms with van der Waals surface area (Å²) >= 11 is 0. The number of benzene rings is 3. The van der Waals surface area contributed by atoms with Crippen molar-refractivity contribution in [2.45, 2.75) is 19.0 Å². The van der Waals surface area contributed by atoms with Crippen LogP contribution in [0.2, 0.25) is 0 Å².